The monoisotopic (exact) mass is 275 g/mol. The third kappa shape index (κ3) is 1.83. The summed E-state index contributed by atoms with van der Waals surface area (Å²) in [5.74, 6) is 1.14. The summed E-state index contributed by atoms with van der Waals surface area (Å²) in [5.41, 5.74) is 8.92. The molecule has 0 aliphatic heterocycles. The lowest BCUT2D eigenvalue weighted by Crippen LogP contribution is -1.97. The van der Waals surface area contributed by atoms with E-state index in [0.29, 0.717) is 16.7 Å². The standard InChI is InChI=1S/C13H10ClN3S/c1-7-5-18-6-10(7)13-16-11-4-8(14)2-3-9(11)12(15)17-13/h2-6H,1H3,(H2,15,16,17). The number of nitrogen functional groups attached to an aromatic ring is 1. The van der Waals surface area contributed by atoms with Crippen molar-refractivity contribution in [2.45, 2.75) is 6.92 Å². The van der Waals surface area contributed by atoms with Crippen LogP contribution in [0, 0.1) is 6.92 Å². The molecule has 5 heteroatoms. The summed E-state index contributed by atoms with van der Waals surface area (Å²) < 4.78 is 0. The maximum atomic E-state index is 5.98. The number of anilines is 1. The molecule has 0 atom stereocenters. The van der Waals surface area contributed by atoms with E-state index in [4.69, 9.17) is 17.3 Å². The van der Waals surface area contributed by atoms with E-state index < -0.39 is 0 Å². The van der Waals surface area contributed by atoms with Gasteiger partial charge in [0.15, 0.2) is 5.82 Å². The average Bonchev–Trinajstić information content (AvgIpc) is 2.74. The number of benzene rings is 1. The summed E-state index contributed by atoms with van der Waals surface area (Å²) in [6, 6.07) is 5.44. The molecule has 0 unspecified atom stereocenters. The second-order valence-corrected chi connectivity index (χ2v) is 5.24. The summed E-state index contributed by atoms with van der Waals surface area (Å²) in [5, 5.41) is 5.57. The SMILES string of the molecule is Cc1cscc1-c1nc(N)c2ccc(Cl)cc2n1. The maximum Gasteiger partial charge on any atom is 0.163 e. The molecule has 3 nitrogen and oxygen atoms in total. The van der Waals surface area contributed by atoms with Gasteiger partial charge in [-0.3, -0.25) is 0 Å². The predicted octanol–water partition coefficient (Wildman–Crippen LogP) is 3.90. The molecule has 18 heavy (non-hydrogen) atoms. The van der Waals surface area contributed by atoms with Gasteiger partial charge in [-0.15, -0.1) is 0 Å². The summed E-state index contributed by atoms with van der Waals surface area (Å²) in [6.45, 7) is 2.04. The van der Waals surface area contributed by atoms with Crippen molar-refractivity contribution in [2.75, 3.05) is 5.73 Å². The quantitative estimate of drug-likeness (QED) is 0.733. The molecule has 2 aromatic heterocycles. The van der Waals surface area contributed by atoms with Crippen LogP contribution in [0.3, 0.4) is 0 Å². The van der Waals surface area contributed by atoms with E-state index in [9.17, 15) is 0 Å². The van der Waals surface area contributed by atoms with E-state index in [1.165, 1.54) is 0 Å². The third-order valence-electron chi connectivity index (χ3n) is 2.78. The molecule has 0 amide bonds. The van der Waals surface area contributed by atoms with Gasteiger partial charge in [0.1, 0.15) is 5.82 Å². The second kappa shape index (κ2) is 4.23. The fourth-order valence-corrected chi connectivity index (χ4v) is 2.83. The van der Waals surface area contributed by atoms with Crippen LogP contribution < -0.4 is 5.73 Å². The molecule has 0 saturated carbocycles. The van der Waals surface area contributed by atoms with Crippen molar-refractivity contribution in [3.63, 3.8) is 0 Å². The fourth-order valence-electron chi connectivity index (χ4n) is 1.84. The van der Waals surface area contributed by atoms with Crippen molar-refractivity contribution in [3.8, 4) is 11.4 Å². The Balaban J connectivity index is 2.30. The first-order chi connectivity index (χ1) is 8.65. The van der Waals surface area contributed by atoms with Gasteiger partial charge in [-0.1, -0.05) is 11.6 Å². The lowest BCUT2D eigenvalue weighted by atomic mass is 10.2. The minimum atomic E-state index is 0.484. The molecule has 2 N–H and O–H groups in total. The van der Waals surface area contributed by atoms with Crippen LogP contribution in [0.1, 0.15) is 5.56 Å². The van der Waals surface area contributed by atoms with Crippen LogP contribution in [0.2, 0.25) is 5.02 Å². The highest BCUT2D eigenvalue weighted by atomic mass is 35.5. The van der Waals surface area contributed by atoms with Crippen LogP contribution in [-0.4, -0.2) is 9.97 Å². The number of fused-ring (bicyclic) bond motifs is 1. The zero-order valence-electron chi connectivity index (χ0n) is 9.64. The average molecular weight is 276 g/mol. The number of nitrogens with two attached hydrogens (primary N) is 1. The van der Waals surface area contributed by atoms with Crippen molar-refractivity contribution in [3.05, 3.63) is 39.5 Å². The number of hydrogen-bond acceptors (Lipinski definition) is 4. The smallest absolute Gasteiger partial charge is 0.163 e. The van der Waals surface area contributed by atoms with E-state index in [0.717, 1.165) is 22.0 Å². The molecule has 3 rings (SSSR count). The second-order valence-electron chi connectivity index (χ2n) is 4.06. The highest BCUT2D eigenvalue weighted by molar-refractivity contribution is 7.08. The molecule has 1 aromatic carbocycles. The molecule has 0 spiro atoms. The molecular formula is C13H10ClN3S. The first-order valence-electron chi connectivity index (χ1n) is 5.41. The van der Waals surface area contributed by atoms with Crippen LogP contribution in [0.5, 0.6) is 0 Å². The van der Waals surface area contributed by atoms with Gasteiger partial charge in [-0.05, 0) is 36.1 Å². The first kappa shape index (κ1) is 11.4. The van der Waals surface area contributed by atoms with Crippen LogP contribution in [0.4, 0.5) is 5.82 Å². The summed E-state index contributed by atoms with van der Waals surface area (Å²) in [6.07, 6.45) is 0. The lowest BCUT2D eigenvalue weighted by molar-refractivity contribution is 1.23. The van der Waals surface area contributed by atoms with E-state index in [1.807, 2.05) is 18.4 Å². The first-order valence-corrected chi connectivity index (χ1v) is 6.73. The minimum Gasteiger partial charge on any atom is -0.383 e. The Morgan fingerprint density at radius 3 is 2.78 bits per heavy atom. The van der Waals surface area contributed by atoms with Gasteiger partial charge in [0.25, 0.3) is 0 Å². The van der Waals surface area contributed by atoms with Crippen LogP contribution in [-0.2, 0) is 0 Å². The van der Waals surface area contributed by atoms with Gasteiger partial charge in [-0.2, -0.15) is 11.3 Å². The lowest BCUT2D eigenvalue weighted by Gasteiger charge is -2.05. The van der Waals surface area contributed by atoms with Gasteiger partial charge in [0, 0.05) is 21.4 Å². The Morgan fingerprint density at radius 2 is 2.06 bits per heavy atom. The summed E-state index contributed by atoms with van der Waals surface area (Å²) in [4.78, 5) is 8.90. The van der Waals surface area contributed by atoms with Gasteiger partial charge < -0.3 is 5.73 Å². The number of nitrogens with zero attached hydrogens (tertiary/aromatic N) is 2. The number of rotatable bonds is 1. The highest BCUT2D eigenvalue weighted by Crippen LogP contribution is 2.28. The molecule has 0 fully saturated rings. The molecule has 0 radical (unpaired) electrons. The van der Waals surface area contributed by atoms with Gasteiger partial charge in [-0.25, -0.2) is 9.97 Å². The molecule has 0 saturated heterocycles. The number of thiophene rings is 1. The van der Waals surface area contributed by atoms with E-state index in [-0.39, 0.29) is 0 Å². The maximum absolute atomic E-state index is 5.98. The topological polar surface area (TPSA) is 51.8 Å². The third-order valence-corrected chi connectivity index (χ3v) is 3.88. The largest absolute Gasteiger partial charge is 0.383 e. The molecule has 2 heterocycles. The molecule has 0 bridgehead atoms. The normalized spacial score (nSPS) is 11.0. The highest BCUT2D eigenvalue weighted by Gasteiger charge is 2.10. The van der Waals surface area contributed by atoms with E-state index >= 15 is 0 Å². The Morgan fingerprint density at radius 1 is 1.22 bits per heavy atom. The molecular weight excluding hydrogens is 266 g/mol. The van der Waals surface area contributed by atoms with Crippen molar-refractivity contribution in [2.24, 2.45) is 0 Å². The Bertz CT molecular complexity index is 736. The van der Waals surface area contributed by atoms with Crippen molar-refractivity contribution < 1.29 is 0 Å². The van der Waals surface area contributed by atoms with Crippen LogP contribution in [0.15, 0.2) is 29.0 Å². The minimum absolute atomic E-state index is 0.484. The molecule has 3 aromatic rings. The van der Waals surface area contributed by atoms with E-state index in [2.05, 4.69) is 15.3 Å². The van der Waals surface area contributed by atoms with Crippen LogP contribution >= 0.6 is 22.9 Å². The fraction of sp³-hybridized carbons (Fsp3) is 0.0769. The Labute approximate surface area is 113 Å². The summed E-state index contributed by atoms with van der Waals surface area (Å²) >= 11 is 7.61. The molecule has 0 aliphatic carbocycles. The van der Waals surface area contributed by atoms with Crippen molar-refractivity contribution in [1.29, 1.82) is 0 Å². The molecule has 90 valence electrons. The predicted molar refractivity (Wildman–Crippen MR) is 77.0 cm³/mol. The Kier molecular flexibility index (Phi) is 2.69. The summed E-state index contributed by atoms with van der Waals surface area (Å²) in [7, 11) is 0. The number of aryl methyl sites for hydroxylation is 1. The molecule has 0 aliphatic rings. The Hall–Kier alpha value is -1.65. The van der Waals surface area contributed by atoms with Gasteiger partial charge in [0.2, 0.25) is 0 Å². The number of hydrogen-bond donors (Lipinski definition) is 1. The zero-order chi connectivity index (χ0) is 12.7. The number of aromatic nitrogens is 2. The van der Waals surface area contributed by atoms with Crippen molar-refractivity contribution >= 4 is 39.7 Å². The zero-order valence-corrected chi connectivity index (χ0v) is 11.2. The number of halogens is 1. The van der Waals surface area contributed by atoms with Crippen LogP contribution in [0.25, 0.3) is 22.3 Å². The van der Waals surface area contributed by atoms with Gasteiger partial charge in [0.05, 0.1) is 5.52 Å². The van der Waals surface area contributed by atoms with Crippen molar-refractivity contribution in [1.82, 2.24) is 9.97 Å². The van der Waals surface area contributed by atoms with E-state index in [1.54, 1.807) is 23.5 Å². The van der Waals surface area contributed by atoms with Gasteiger partial charge >= 0.3 is 0 Å².